The molecule has 0 unspecified atom stereocenters. The SMILES string of the molecule is CCCC[C@H](NS(=O)(=O)C(C)(C)C)c1ccc(Br)cc1. The predicted molar refractivity (Wildman–Crippen MR) is 88.2 cm³/mol. The van der Waals surface area contributed by atoms with Gasteiger partial charge in [-0.3, -0.25) is 0 Å². The Hall–Kier alpha value is -0.390. The van der Waals surface area contributed by atoms with E-state index in [1.807, 2.05) is 24.3 Å². The van der Waals surface area contributed by atoms with Crippen LogP contribution in [0.4, 0.5) is 0 Å². The van der Waals surface area contributed by atoms with E-state index in [4.69, 9.17) is 0 Å². The molecule has 3 nitrogen and oxygen atoms in total. The molecule has 0 aliphatic rings. The van der Waals surface area contributed by atoms with Gasteiger partial charge in [0.2, 0.25) is 10.0 Å². The van der Waals surface area contributed by atoms with E-state index in [2.05, 4.69) is 27.6 Å². The second-order valence-electron chi connectivity index (χ2n) is 5.98. The van der Waals surface area contributed by atoms with Crippen LogP contribution in [-0.2, 0) is 10.0 Å². The van der Waals surface area contributed by atoms with Crippen LogP contribution in [0.2, 0.25) is 0 Å². The first-order valence-electron chi connectivity index (χ1n) is 6.94. The molecule has 0 saturated carbocycles. The van der Waals surface area contributed by atoms with Gasteiger partial charge in [0.15, 0.2) is 0 Å². The second-order valence-corrected chi connectivity index (χ2v) is 9.36. The van der Waals surface area contributed by atoms with Gasteiger partial charge in [-0.05, 0) is 44.9 Å². The van der Waals surface area contributed by atoms with Crippen LogP contribution in [-0.4, -0.2) is 13.2 Å². The van der Waals surface area contributed by atoms with Gasteiger partial charge in [0, 0.05) is 10.5 Å². The molecule has 20 heavy (non-hydrogen) atoms. The predicted octanol–water partition coefficient (Wildman–Crippen LogP) is 4.40. The summed E-state index contributed by atoms with van der Waals surface area (Å²) in [6.45, 7) is 7.26. The molecule has 0 aliphatic heterocycles. The average Bonchev–Trinajstić information content (AvgIpc) is 2.34. The van der Waals surface area contributed by atoms with Crippen LogP contribution < -0.4 is 4.72 Å². The summed E-state index contributed by atoms with van der Waals surface area (Å²) in [4.78, 5) is 0. The van der Waals surface area contributed by atoms with Crippen molar-refractivity contribution in [3.8, 4) is 0 Å². The Bertz CT molecular complexity index is 518. The molecule has 0 fully saturated rings. The highest BCUT2D eigenvalue weighted by molar-refractivity contribution is 9.10. The Morgan fingerprint density at radius 3 is 2.20 bits per heavy atom. The molecule has 1 aromatic carbocycles. The van der Waals surface area contributed by atoms with E-state index in [1.54, 1.807) is 20.8 Å². The van der Waals surface area contributed by atoms with Gasteiger partial charge in [-0.15, -0.1) is 0 Å². The van der Waals surface area contributed by atoms with E-state index in [0.29, 0.717) is 0 Å². The Kier molecular flexibility index (Phi) is 6.23. The average molecular weight is 362 g/mol. The van der Waals surface area contributed by atoms with Gasteiger partial charge in [0.1, 0.15) is 0 Å². The minimum Gasteiger partial charge on any atom is -0.212 e. The maximum atomic E-state index is 12.3. The fourth-order valence-electron chi connectivity index (χ4n) is 1.76. The van der Waals surface area contributed by atoms with E-state index >= 15 is 0 Å². The fraction of sp³-hybridized carbons (Fsp3) is 0.600. The van der Waals surface area contributed by atoms with Crippen LogP contribution in [0.5, 0.6) is 0 Å². The lowest BCUT2D eigenvalue weighted by Crippen LogP contribution is -2.41. The van der Waals surface area contributed by atoms with Crippen molar-refractivity contribution in [2.45, 2.75) is 57.7 Å². The number of halogens is 1. The molecule has 114 valence electrons. The zero-order chi connectivity index (χ0) is 15.4. The standard InChI is InChI=1S/C15H24BrNO2S/c1-5-6-7-14(12-8-10-13(16)11-9-12)17-20(18,19)15(2,3)4/h8-11,14,17H,5-7H2,1-4H3/t14-/m0/s1. The molecule has 0 spiro atoms. The number of hydrogen-bond donors (Lipinski definition) is 1. The monoisotopic (exact) mass is 361 g/mol. The van der Waals surface area contributed by atoms with Gasteiger partial charge in [-0.1, -0.05) is 47.8 Å². The number of sulfonamides is 1. The molecule has 0 aliphatic carbocycles. The van der Waals surface area contributed by atoms with Gasteiger partial charge < -0.3 is 0 Å². The molecule has 1 atom stereocenters. The normalized spacial score (nSPS) is 14.2. The van der Waals surface area contributed by atoms with Crippen LogP contribution in [0.25, 0.3) is 0 Å². The highest BCUT2D eigenvalue weighted by atomic mass is 79.9. The van der Waals surface area contributed by atoms with Gasteiger partial charge in [-0.25, -0.2) is 13.1 Å². The Morgan fingerprint density at radius 1 is 1.20 bits per heavy atom. The molecule has 0 saturated heterocycles. The van der Waals surface area contributed by atoms with Crippen molar-refractivity contribution in [3.05, 3.63) is 34.3 Å². The Labute approximate surface area is 131 Å². The largest absolute Gasteiger partial charge is 0.217 e. The van der Waals surface area contributed by atoms with Gasteiger partial charge in [-0.2, -0.15) is 0 Å². The van der Waals surface area contributed by atoms with Crippen molar-refractivity contribution in [2.24, 2.45) is 0 Å². The molecule has 0 bridgehead atoms. The lowest BCUT2D eigenvalue weighted by molar-refractivity contribution is 0.503. The minimum atomic E-state index is -3.35. The van der Waals surface area contributed by atoms with Crippen LogP contribution in [0.15, 0.2) is 28.7 Å². The third kappa shape index (κ3) is 4.86. The minimum absolute atomic E-state index is 0.160. The summed E-state index contributed by atoms with van der Waals surface area (Å²) in [5.41, 5.74) is 1.01. The molecule has 1 rings (SSSR count). The zero-order valence-electron chi connectivity index (χ0n) is 12.6. The highest BCUT2D eigenvalue weighted by Gasteiger charge is 2.31. The molecule has 0 radical (unpaired) electrons. The maximum Gasteiger partial charge on any atom is 0.217 e. The quantitative estimate of drug-likeness (QED) is 0.815. The molecule has 0 amide bonds. The van der Waals surface area contributed by atoms with E-state index < -0.39 is 14.8 Å². The molecule has 1 N–H and O–H groups in total. The first kappa shape index (κ1) is 17.7. The van der Waals surface area contributed by atoms with E-state index in [0.717, 1.165) is 29.3 Å². The van der Waals surface area contributed by atoms with E-state index in [9.17, 15) is 8.42 Å². The Morgan fingerprint density at radius 2 is 1.75 bits per heavy atom. The summed E-state index contributed by atoms with van der Waals surface area (Å²) >= 11 is 3.40. The van der Waals surface area contributed by atoms with Gasteiger partial charge >= 0.3 is 0 Å². The van der Waals surface area contributed by atoms with Crippen molar-refractivity contribution >= 4 is 26.0 Å². The van der Waals surface area contributed by atoms with Gasteiger partial charge in [0.05, 0.1) is 4.75 Å². The molecule has 0 aromatic heterocycles. The van der Waals surface area contributed by atoms with E-state index in [-0.39, 0.29) is 6.04 Å². The van der Waals surface area contributed by atoms with Crippen molar-refractivity contribution in [1.82, 2.24) is 4.72 Å². The third-order valence-corrected chi connectivity index (χ3v) is 5.96. The van der Waals surface area contributed by atoms with Crippen molar-refractivity contribution in [3.63, 3.8) is 0 Å². The first-order valence-corrected chi connectivity index (χ1v) is 9.22. The molecule has 1 aromatic rings. The lowest BCUT2D eigenvalue weighted by Gasteiger charge is -2.25. The molecule has 0 heterocycles. The van der Waals surface area contributed by atoms with Crippen molar-refractivity contribution in [1.29, 1.82) is 0 Å². The molecular formula is C15H24BrNO2S. The van der Waals surface area contributed by atoms with Crippen LogP contribution >= 0.6 is 15.9 Å². The van der Waals surface area contributed by atoms with E-state index in [1.165, 1.54) is 0 Å². The zero-order valence-corrected chi connectivity index (χ0v) is 15.0. The lowest BCUT2D eigenvalue weighted by atomic mass is 10.0. The van der Waals surface area contributed by atoms with Crippen LogP contribution in [0.3, 0.4) is 0 Å². The van der Waals surface area contributed by atoms with Crippen LogP contribution in [0.1, 0.15) is 58.6 Å². The summed E-state index contributed by atoms with van der Waals surface area (Å²) in [6, 6.07) is 7.66. The number of nitrogens with one attached hydrogen (secondary N) is 1. The third-order valence-electron chi connectivity index (χ3n) is 3.22. The number of unbranched alkanes of at least 4 members (excludes halogenated alkanes) is 1. The van der Waals surface area contributed by atoms with Crippen molar-refractivity contribution in [2.75, 3.05) is 0 Å². The number of rotatable bonds is 6. The summed E-state index contributed by atoms with van der Waals surface area (Å²) < 4.78 is 27.7. The Balaban J connectivity index is 2.99. The molecule has 5 heteroatoms. The van der Waals surface area contributed by atoms with Crippen LogP contribution in [0, 0.1) is 0 Å². The topological polar surface area (TPSA) is 46.2 Å². The summed E-state index contributed by atoms with van der Waals surface area (Å²) in [5.74, 6) is 0. The van der Waals surface area contributed by atoms with Crippen molar-refractivity contribution < 1.29 is 8.42 Å². The highest BCUT2D eigenvalue weighted by Crippen LogP contribution is 2.25. The second kappa shape index (κ2) is 7.05. The fourth-order valence-corrected chi connectivity index (χ4v) is 3.01. The smallest absolute Gasteiger partial charge is 0.212 e. The number of benzene rings is 1. The van der Waals surface area contributed by atoms with Gasteiger partial charge in [0.25, 0.3) is 0 Å². The summed E-state index contributed by atoms with van der Waals surface area (Å²) in [7, 11) is -3.35. The molecular weight excluding hydrogens is 338 g/mol. The summed E-state index contributed by atoms with van der Waals surface area (Å²) in [6.07, 6.45) is 2.85. The number of hydrogen-bond acceptors (Lipinski definition) is 2. The first-order chi connectivity index (χ1) is 9.17. The summed E-state index contributed by atoms with van der Waals surface area (Å²) in [5, 5.41) is 0. The maximum absolute atomic E-state index is 12.3.